The van der Waals surface area contributed by atoms with Crippen molar-refractivity contribution in [1.82, 2.24) is 5.43 Å². The predicted molar refractivity (Wildman–Crippen MR) is 126 cm³/mol. The van der Waals surface area contributed by atoms with Crippen LogP contribution >= 0.6 is 23.4 Å². The molecule has 0 fully saturated rings. The van der Waals surface area contributed by atoms with E-state index in [0.717, 1.165) is 34.6 Å². The molecular formula is C23H19ClF3N3O2S. The number of thioether (sulfide) groups is 1. The molecule has 172 valence electrons. The number of rotatable bonds is 7. The number of alkyl halides is 3. The van der Waals surface area contributed by atoms with E-state index in [1.165, 1.54) is 12.1 Å². The number of amides is 2. The SMILES string of the molecule is CSCc1ccc(C(=NNC(=O)Nc2ccc(OC(F)(F)F)cc2)c2ccc(Cl)cc2)cc1. The highest BCUT2D eigenvalue weighted by Gasteiger charge is 2.30. The number of urea groups is 1. The van der Waals surface area contributed by atoms with Crippen molar-refractivity contribution in [3.63, 3.8) is 0 Å². The Morgan fingerprint density at radius 1 is 0.970 bits per heavy atom. The Labute approximate surface area is 198 Å². The van der Waals surface area contributed by atoms with Gasteiger partial charge in [-0.3, -0.25) is 0 Å². The summed E-state index contributed by atoms with van der Waals surface area (Å²) in [6.07, 6.45) is -2.76. The maximum atomic E-state index is 12.3. The zero-order valence-corrected chi connectivity index (χ0v) is 18.9. The maximum Gasteiger partial charge on any atom is 0.573 e. The summed E-state index contributed by atoms with van der Waals surface area (Å²) in [6, 6.07) is 18.9. The molecular weight excluding hydrogens is 475 g/mol. The summed E-state index contributed by atoms with van der Waals surface area (Å²) in [5.41, 5.74) is 5.90. The molecule has 3 rings (SSSR count). The van der Waals surface area contributed by atoms with Crippen molar-refractivity contribution >= 4 is 40.8 Å². The Kier molecular flexibility index (Phi) is 8.24. The summed E-state index contributed by atoms with van der Waals surface area (Å²) < 4.78 is 40.6. The minimum atomic E-state index is -4.79. The Balaban J connectivity index is 1.75. The van der Waals surface area contributed by atoms with Crippen molar-refractivity contribution in [2.45, 2.75) is 12.1 Å². The van der Waals surface area contributed by atoms with E-state index in [1.54, 1.807) is 36.0 Å². The molecule has 0 saturated heterocycles. The number of hydrogen-bond donors (Lipinski definition) is 2. The van der Waals surface area contributed by atoms with Crippen molar-refractivity contribution < 1.29 is 22.7 Å². The monoisotopic (exact) mass is 493 g/mol. The first kappa shape index (κ1) is 24.5. The lowest BCUT2D eigenvalue weighted by Gasteiger charge is -2.11. The normalized spacial score (nSPS) is 11.7. The third-order valence-corrected chi connectivity index (χ3v) is 5.15. The summed E-state index contributed by atoms with van der Waals surface area (Å²) in [7, 11) is 0. The highest BCUT2D eigenvalue weighted by molar-refractivity contribution is 7.97. The van der Waals surface area contributed by atoms with E-state index in [0.29, 0.717) is 10.7 Å². The van der Waals surface area contributed by atoms with Gasteiger partial charge in [0, 0.05) is 27.6 Å². The molecule has 0 saturated carbocycles. The van der Waals surface area contributed by atoms with Crippen LogP contribution in [0, 0.1) is 0 Å². The van der Waals surface area contributed by atoms with Gasteiger partial charge in [0.05, 0.1) is 5.71 Å². The summed E-state index contributed by atoms with van der Waals surface area (Å²) >= 11 is 7.70. The van der Waals surface area contributed by atoms with Gasteiger partial charge in [-0.1, -0.05) is 48.0 Å². The fraction of sp³-hybridized carbons (Fsp3) is 0.130. The van der Waals surface area contributed by atoms with Crippen molar-refractivity contribution in [2.75, 3.05) is 11.6 Å². The molecule has 0 aliphatic heterocycles. The maximum absolute atomic E-state index is 12.3. The Bertz CT molecular complexity index is 1100. The van der Waals surface area contributed by atoms with Gasteiger partial charge < -0.3 is 10.1 Å². The lowest BCUT2D eigenvalue weighted by Crippen LogP contribution is -2.26. The van der Waals surface area contributed by atoms with Crippen LogP contribution in [-0.4, -0.2) is 24.4 Å². The molecule has 0 unspecified atom stereocenters. The number of nitrogens with zero attached hydrogens (tertiary/aromatic N) is 1. The van der Waals surface area contributed by atoms with Crippen LogP contribution in [0.25, 0.3) is 0 Å². The van der Waals surface area contributed by atoms with Crippen molar-refractivity contribution in [1.29, 1.82) is 0 Å². The summed E-state index contributed by atoms with van der Waals surface area (Å²) in [4.78, 5) is 12.3. The quantitative estimate of drug-likeness (QED) is 0.285. The van der Waals surface area contributed by atoms with E-state index in [1.807, 2.05) is 30.5 Å². The number of hydrogen-bond acceptors (Lipinski definition) is 4. The number of halogens is 4. The largest absolute Gasteiger partial charge is 0.573 e. The van der Waals surface area contributed by atoms with Gasteiger partial charge in [0.1, 0.15) is 5.75 Å². The molecule has 33 heavy (non-hydrogen) atoms. The first-order chi connectivity index (χ1) is 15.7. The topological polar surface area (TPSA) is 62.7 Å². The van der Waals surface area contributed by atoms with E-state index in [2.05, 4.69) is 20.6 Å². The van der Waals surface area contributed by atoms with E-state index >= 15 is 0 Å². The van der Waals surface area contributed by atoms with Crippen LogP contribution in [0.15, 0.2) is 77.9 Å². The number of hydrazone groups is 1. The second kappa shape index (κ2) is 11.1. The van der Waals surface area contributed by atoms with Gasteiger partial charge in [-0.2, -0.15) is 16.9 Å². The Morgan fingerprint density at radius 3 is 2.09 bits per heavy atom. The van der Waals surface area contributed by atoms with Gasteiger partial charge in [-0.05, 0) is 48.2 Å². The van der Waals surface area contributed by atoms with Crippen LogP contribution in [-0.2, 0) is 5.75 Å². The van der Waals surface area contributed by atoms with Crippen LogP contribution in [0.4, 0.5) is 23.7 Å². The molecule has 0 aromatic heterocycles. The Morgan fingerprint density at radius 2 is 1.55 bits per heavy atom. The Hall–Kier alpha value is -3.17. The molecule has 2 amide bonds. The molecule has 3 aromatic rings. The van der Waals surface area contributed by atoms with Crippen LogP contribution in [0.1, 0.15) is 16.7 Å². The molecule has 0 aliphatic carbocycles. The van der Waals surface area contributed by atoms with Gasteiger partial charge in [-0.25, -0.2) is 10.2 Å². The van der Waals surface area contributed by atoms with Crippen LogP contribution in [0.5, 0.6) is 5.75 Å². The summed E-state index contributed by atoms with van der Waals surface area (Å²) in [5.74, 6) is 0.489. The average molecular weight is 494 g/mol. The van der Waals surface area contributed by atoms with Gasteiger partial charge in [0.2, 0.25) is 0 Å². The minimum Gasteiger partial charge on any atom is -0.406 e. The number of carbonyl (C=O) groups is 1. The minimum absolute atomic E-state index is 0.270. The van der Waals surface area contributed by atoms with Crippen molar-refractivity contribution in [2.24, 2.45) is 5.10 Å². The fourth-order valence-electron chi connectivity index (χ4n) is 2.83. The van der Waals surface area contributed by atoms with E-state index < -0.39 is 12.4 Å². The van der Waals surface area contributed by atoms with Gasteiger partial charge in [0.25, 0.3) is 0 Å². The van der Waals surface area contributed by atoms with Crippen molar-refractivity contribution in [3.05, 3.63) is 94.5 Å². The molecule has 0 aliphatic rings. The molecule has 0 bridgehead atoms. The lowest BCUT2D eigenvalue weighted by atomic mass is 10.0. The highest BCUT2D eigenvalue weighted by atomic mass is 35.5. The zero-order valence-electron chi connectivity index (χ0n) is 17.3. The molecule has 5 nitrogen and oxygen atoms in total. The predicted octanol–water partition coefficient (Wildman–Crippen LogP) is 6.68. The zero-order chi connectivity index (χ0) is 23.8. The molecule has 3 aromatic carbocycles. The molecule has 0 atom stereocenters. The smallest absolute Gasteiger partial charge is 0.406 e. The number of carbonyl (C=O) groups excluding carboxylic acids is 1. The molecule has 0 radical (unpaired) electrons. The average Bonchev–Trinajstić information content (AvgIpc) is 2.77. The number of benzene rings is 3. The van der Waals surface area contributed by atoms with E-state index in [4.69, 9.17) is 11.6 Å². The van der Waals surface area contributed by atoms with Gasteiger partial charge in [0.15, 0.2) is 0 Å². The van der Waals surface area contributed by atoms with Crippen LogP contribution in [0.3, 0.4) is 0 Å². The lowest BCUT2D eigenvalue weighted by molar-refractivity contribution is -0.274. The van der Waals surface area contributed by atoms with Crippen molar-refractivity contribution in [3.8, 4) is 5.75 Å². The second-order valence-electron chi connectivity index (χ2n) is 6.74. The number of ether oxygens (including phenoxy) is 1. The van der Waals surface area contributed by atoms with Gasteiger partial charge in [-0.15, -0.1) is 13.2 Å². The third-order valence-electron chi connectivity index (χ3n) is 4.27. The summed E-state index contributed by atoms with van der Waals surface area (Å²) in [6.45, 7) is 0. The van der Waals surface area contributed by atoms with Crippen LogP contribution < -0.4 is 15.5 Å². The second-order valence-corrected chi connectivity index (χ2v) is 8.04. The van der Waals surface area contributed by atoms with E-state index in [9.17, 15) is 18.0 Å². The standard InChI is InChI=1S/C23H19ClF3N3O2S/c1-33-14-15-2-4-16(5-3-15)21(17-6-8-18(24)9-7-17)29-30-22(31)28-19-10-12-20(13-11-19)32-23(25,26)27/h2-13H,14H2,1H3,(H2,28,30,31). The first-order valence-electron chi connectivity index (χ1n) is 9.58. The summed E-state index contributed by atoms with van der Waals surface area (Å²) in [5, 5.41) is 7.34. The molecule has 10 heteroatoms. The van der Waals surface area contributed by atoms with Crippen LogP contribution in [0.2, 0.25) is 5.02 Å². The molecule has 2 N–H and O–H groups in total. The number of anilines is 1. The number of nitrogens with one attached hydrogen (secondary N) is 2. The fourth-order valence-corrected chi connectivity index (χ4v) is 3.49. The molecule has 0 heterocycles. The highest BCUT2D eigenvalue weighted by Crippen LogP contribution is 2.24. The van der Waals surface area contributed by atoms with E-state index in [-0.39, 0.29) is 11.4 Å². The van der Waals surface area contributed by atoms with Gasteiger partial charge >= 0.3 is 12.4 Å². The third kappa shape index (κ3) is 7.73. The first-order valence-corrected chi connectivity index (χ1v) is 11.4. The molecule has 0 spiro atoms.